The van der Waals surface area contributed by atoms with Crippen LogP contribution in [0.2, 0.25) is 0 Å². The molecule has 138 valence electrons. The van der Waals surface area contributed by atoms with E-state index in [1.54, 1.807) is 32.1 Å². The highest BCUT2D eigenvalue weighted by molar-refractivity contribution is 5.03. The van der Waals surface area contributed by atoms with Gasteiger partial charge in [-0.1, -0.05) is 59.8 Å². The number of hydrogen-bond acceptors (Lipinski definition) is 0. The molecule has 0 spiro atoms. The maximum atomic E-state index is 2.66. The first-order chi connectivity index (χ1) is 11.4. The smallest absolute Gasteiger partial charge is 0.0272 e. The molecule has 4 aliphatic rings. The van der Waals surface area contributed by atoms with Crippen molar-refractivity contribution in [3.05, 3.63) is 0 Å². The standard InChI is InChI=1S/C24H42/c1-17-19-10-6-7-11-20(19)21-13-12-18(16-22(17)21)23(2,3)24(4)14-8-5-9-15-24/h17-22H,5-16H2,1-4H3. The summed E-state index contributed by atoms with van der Waals surface area (Å²) in [6, 6.07) is 0. The fraction of sp³-hybridized carbons (Fsp3) is 1.00. The molecule has 0 heteroatoms. The van der Waals surface area contributed by atoms with E-state index in [1.165, 1.54) is 44.9 Å². The predicted molar refractivity (Wildman–Crippen MR) is 104 cm³/mol. The first kappa shape index (κ1) is 17.4. The van der Waals surface area contributed by atoms with Crippen LogP contribution >= 0.6 is 0 Å². The molecule has 0 bridgehead atoms. The van der Waals surface area contributed by atoms with Gasteiger partial charge in [-0.3, -0.25) is 0 Å². The molecular formula is C24H42. The first-order valence-electron chi connectivity index (χ1n) is 11.4. The lowest BCUT2D eigenvalue weighted by molar-refractivity contribution is -0.0420. The van der Waals surface area contributed by atoms with Gasteiger partial charge in [0.05, 0.1) is 0 Å². The maximum Gasteiger partial charge on any atom is -0.0272 e. The second kappa shape index (κ2) is 6.31. The quantitative estimate of drug-likeness (QED) is 0.492. The number of hydrogen-bond donors (Lipinski definition) is 0. The van der Waals surface area contributed by atoms with Gasteiger partial charge in [0.1, 0.15) is 0 Å². The van der Waals surface area contributed by atoms with E-state index in [9.17, 15) is 0 Å². The van der Waals surface area contributed by atoms with E-state index in [2.05, 4.69) is 27.7 Å². The third-order valence-corrected chi connectivity index (χ3v) is 10.3. The summed E-state index contributed by atoms with van der Waals surface area (Å²) < 4.78 is 0. The van der Waals surface area contributed by atoms with Gasteiger partial charge in [0.15, 0.2) is 0 Å². The zero-order chi connectivity index (χ0) is 16.9. The second-order valence-electron chi connectivity index (χ2n) is 11.2. The Kier molecular flexibility index (Phi) is 4.58. The van der Waals surface area contributed by atoms with Crippen LogP contribution in [0.25, 0.3) is 0 Å². The Morgan fingerprint density at radius 1 is 0.708 bits per heavy atom. The topological polar surface area (TPSA) is 0 Å². The molecule has 4 rings (SSSR count). The average molecular weight is 331 g/mol. The summed E-state index contributed by atoms with van der Waals surface area (Å²) in [5.41, 5.74) is 1.16. The van der Waals surface area contributed by atoms with Gasteiger partial charge in [0, 0.05) is 0 Å². The molecular weight excluding hydrogens is 288 g/mol. The molecule has 0 nitrogen and oxygen atoms in total. The first-order valence-corrected chi connectivity index (χ1v) is 11.4. The van der Waals surface area contributed by atoms with Crippen LogP contribution in [-0.4, -0.2) is 0 Å². The average Bonchev–Trinajstić information content (AvgIpc) is 2.88. The van der Waals surface area contributed by atoms with E-state index in [1.807, 2.05) is 0 Å². The Hall–Kier alpha value is 0. The van der Waals surface area contributed by atoms with Crippen LogP contribution in [0.4, 0.5) is 0 Å². The number of rotatable bonds is 2. The van der Waals surface area contributed by atoms with E-state index in [0.717, 1.165) is 35.5 Å². The fourth-order valence-corrected chi connectivity index (χ4v) is 8.18. The highest BCUT2D eigenvalue weighted by Crippen LogP contribution is 2.63. The van der Waals surface area contributed by atoms with Crippen LogP contribution < -0.4 is 0 Å². The van der Waals surface area contributed by atoms with Gasteiger partial charge in [-0.2, -0.15) is 0 Å². The largest absolute Gasteiger partial charge is 0.0620 e. The molecule has 0 aromatic rings. The van der Waals surface area contributed by atoms with Crippen molar-refractivity contribution in [3.63, 3.8) is 0 Å². The molecule has 6 atom stereocenters. The van der Waals surface area contributed by atoms with E-state index in [-0.39, 0.29) is 0 Å². The van der Waals surface area contributed by atoms with Crippen LogP contribution in [0.1, 0.15) is 105 Å². The Morgan fingerprint density at radius 2 is 1.33 bits per heavy atom. The van der Waals surface area contributed by atoms with Gasteiger partial charge < -0.3 is 0 Å². The van der Waals surface area contributed by atoms with Gasteiger partial charge in [0.25, 0.3) is 0 Å². The molecule has 0 amide bonds. The molecule has 0 N–H and O–H groups in total. The molecule has 0 aliphatic heterocycles. The second-order valence-corrected chi connectivity index (χ2v) is 11.2. The van der Waals surface area contributed by atoms with E-state index in [0.29, 0.717) is 10.8 Å². The van der Waals surface area contributed by atoms with Gasteiger partial charge in [-0.15, -0.1) is 0 Å². The fourth-order valence-electron chi connectivity index (χ4n) is 8.18. The summed E-state index contributed by atoms with van der Waals surface area (Å²) in [5.74, 6) is 6.41. The van der Waals surface area contributed by atoms with Crippen LogP contribution in [0.3, 0.4) is 0 Å². The number of fused-ring (bicyclic) bond motifs is 3. The normalized spacial score (nSPS) is 45.5. The monoisotopic (exact) mass is 330 g/mol. The van der Waals surface area contributed by atoms with Crippen LogP contribution in [0.5, 0.6) is 0 Å². The Bertz CT molecular complexity index is 441. The molecule has 0 saturated heterocycles. The third-order valence-electron chi connectivity index (χ3n) is 10.3. The Balaban J connectivity index is 1.51. The molecule has 0 aromatic heterocycles. The summed E-state index contributed by atoms with van der Waals surface area (Å²) in [6.07, 6.45) is 18.3. The van der Waals surface area contributed by atoms with Crippen LogP contribution in [-0.2, 0) is 0 Å². The van der Waals surface area contributed by atoms with Crippen molar-refractivity contribution in [2.75, 3.05) is 0 Å². The zero-order valence-electron chi connectivity index (χ0n) is 16.9. The summed E-state index contributed by atoms with van der Waals surface area (Å²) in [5, 5.41) is 0. The van der Waals surface area contributed by atoms with E-state index in [4.69, 9.17) is 0 Å². The van der Waals surface area contributed by atoms with Crippen molar-refractivity contribution in [2.45, 2.75) is 105 Å². The minimum Gasteiger partial charge on any atom is -0.0620 e. The van der Waals surface area contributed by atoms with Crippen molar-refractivity contribution in [1.82, 2.24) is 0 Å². The van der Waals surface area contributed by atoms with Gasteiger partial charge in [-0.05, 0) is 91.3 Å². The van der Waals surface area contributed by atoms with E-state index >= 15 is 0 Å². The predicted octanol–water partition coefficient (Wildman–Crippen LogP) is 7.47. The highest BCUT2D eigenvalue weighted by atomic mass is 14.6. The molecule has 0 heterocycles. The minimum atomic E-state index is 0.547. The summed E-state index contributed by atoms with van der Waals surface area (Å²) in [6.45, 7) is 10.6. The van der Waals surface area contributed by atoms with Crippen molar-refractivity contribution in [3.8, 4) is 0 Å². The van der Waals surface area contributed by atoms with Crippen LogP contribution in [0, 0.1) is 46.3 Å². The van der Waals surface area contributed by atoms with Crippen molar-refractivity contribution in [1.29, 1.82) is 0 Å². The highest BCUT2D eigenvalue weighted by Gasteiger charge is 2.54. The van der Waals surface area contributed by atoms with Crippen molar-refractivity contribution in [2.24, 2.45) is 46.3 Å². The minimum absolute atomic E-state index is 0.547. The van der Waals surface area contributed by atoms with Crippen molar-refractivity contribution >= 4 is 0 Å². The van der Waals surface area contributed by atoms with Gasteiger partial charge in [-0.25, -0.2) is 0 Å². The van der Waals surface area contributed by atoms with Gasteiger partial charge >= 0.3 is 0 Å². The summed E-state index contributed by atoms with van der Waals surface area (Å²) in [7, 11) is 0. The molecule has 24 heavy (non-hydrogen) atoms. The third kappa shape index (κ3) is 2.61. The van der Waals surface area contributed by atoms with E-state index < -0.39 is 0 Å². The summed E-state index contributed by atoms with van der Waals surface area (Å²) >= 11 is 0. The molecule has 4 saturated carbocycles. The molecule has 0 radical (unpaired) electrons. The Morgan fingerprint density at radius 3 is 2.04 bits per heavy atom. The SMILES string of the molecule is CC1C2CCCCC2C2CCC(C(C)(C)C3(C)CCCCC3)CC12. The lowest BCUT2D eigenvalue weighted by Crippen LogP contribution is -2.45. The lowest BCUT2D eigenvalue weighted by Gasteiger charge is -2.54. The molecule has 4 aliphatic carbocycles. The maximum absolute atomic E-state index is 2.66. The molecule has 0 aromatic carbocycles. The van der Waals surface area contributed by atoms with Crippen molar-refractivity contribution < 1.29 is 0 Å². The molecule has 6 unspecified atom stereocenters. The van der Waals surface area contributed by atoms with Gasteiger partial charge in [0.2, 0.25) is 0 Å². The molecule has 4 fully saturated rings. The lowest BCUT2D eigenvalue weighted by atomic mass is 9.51. The Labute approximate surface area is 151 Å². The summed E-state index contributed by atoms with van der Waals surface area (Å²) in [4.78, 5) is 0. The van der Waals surface area contributed by atoms with Crippen LogP contribution in [0.15, 0.2) is 0 Å². The zero-order valence-corrected chi connectivity index (χ0v) is 16.9.